The molecule has 0 atom stereocenters. The van der Waals surface area contributed by atoms with Gasteiger partial charge in [-0.15, -0.1) is 11.3 Å². The number of carbonyl (C=O) groups is 2. The van der Waals surface area contributed by atoms with Crippen LogP contribution in [0.4, 0.5) is 0 Å². The number of aromatic nitrogens is 1. The maximum absolute atomic E-state index is 12.9. The molecule has 0 fully saturated rings. The minimum atomic E-state index is -3.67. The maximum atomic E-state index is 12.9. The fourth-order valence-electron chi connectivity index (χ4n) is 4.08. The number of hydrogen-bond donors (Lipinski definition) is 1. The molecule has 0 bridgehead atoms. The van der Waals surface area contributed by atoms with Gasteiger partial charge in [0, 0.05) is 46.9 Å². The van der Waals surface area contributed by atoms with Crippen molar-refractivity contribution < 1.29 is 23.1 Å². The smallest absolute Gasteiger partial charge is 0.335 e. The Kier molecular flexibility index (Phi) is 5.74. The minimum absolute atomic E-state index is 0.0307. The molecule has 0 saturated carbocycles. The molecule has 2 aromatic heterocycles. The zero-order valence-corrected chi connectivity index (χ0v) is 20.3. The van der Waals surface area contributed by atoms with E-state index < -0.39 is 15.8 Å². The maximum Gasteiger partial charge on any atom is 0.335 e. The Morgan fingerprint density at radius 2 is 1.71 bits per heavy atom. The van der Waals surface area contributed by atoms with Crippen molar-refractivity contribution in [1.29, 1.82) is 0 Å². The number of nitrogens with zero attached hydrogens (tertiary/aromatic N) is 2. The van der Waals surface area contributed by atoms with Crippen molar-refractivity contribution in [2.45, 2.75) is 17.2 Å². The van der Waals surface area contributed by atoms with E-state index in [0.717, 1.165) is 32.0 Å². The number of thiophene rings is 1. The van der Waals surface area contributed by atoms with Crippen LogP contribution in [0.15, 0.2) is 78.0 Å². The molecule has 1 N–H and O–H groups in total. The van der Waals surface area contributed by atoms with Crippen molar-refractivity contribution in [2.75, 3.05) is 7.05 Å². The zero-order chi connectivity index (χ0) is 24.7. The molecule has 1 amide bonds. The van der Waals surface area contributed by atoms with E-state index in [-0.39, 0.29) is 22.1 Å². The molecule has 4 aromatic rings. The Morgan fingerprint density at radius 3 is 2.43 bits per heavy atom. The molecule has 1 aliphatic heterocycles. The number of amides is 1. The van der Waals surface area contributed by atoms with Gasteiger partial charge in [-0.25, -0.2) is 13.2 Å². The lowest BCUT2D eigenvalue weighted by Crippen LogP contribution is -2.17. The Hall–Kier alpha value is -3.82. The van der Waals surface area contributed by atoms with Gasteiger partial charge in [-0.2, -0.15) is 0 Å². The first kappa shape index (κ1) is 22.9. The summed E-state index contributed by atoms with van der Waals surface area (Å²) in [4.78, 5) is 31.2. The molecule has 2 aromatic carbocycles. The van der Waals surface area contributed by atoms with Gasteiger partial charge < -0.3 is 10.0 Å². The highest BCUT2D eigenvalue weighted by atomic mass is 32.2. The van der Waals surface area contributed by atoms with Gasteiger partial charge in [0.1, 0.15) is 0 Å². The minimum Gasteiger partial charge on any atom is -0.478 e. The van der Waals surface area contributed by atoms with Crippen LogP contribution in [-0.4, -0.2) is 42.3 Å². The molecule has 0 radical (unpaired) electrons. The fourth-order valence-corrected chi connectivity index (χ4v) is 6.37. The van der Waals surface area contributed by atoms with Gasteiger partial charge >= 0.3 is 5.97 Å². The third-order valence-electron chi connectivity index (χ3n) is 5.88. The highest BCUT2D eigenvalue weighted by Crippen LogP contribution is 2.36. The predicted molar refractivity (Wildman–Crippen MR) is 133 cm³/mol. The van der Waals surface area contributed by atoms with Crippen molar-refractivity contribution in [1.82, 2.24) is 9.88 Å². The van der Waals surface area contributed by atoms with Crippen LogP contribution in [0.25, 0.3) is 20.9 Å². The molecule has 1 aliphatic rings. The molecule has 176 valence electrons. The second-order valence-electron chi connectivity index (χ2n) is 8.37. The van der Waals surface area contributed by atoms with Crippen LogP contribution in [0.2, 0.25) is 0 Å². The first-order chi connectivity index (χ1) is 16.7. The molecule has 3 heterocycles. The Labute approximate surface area is 206 Å². The summed E-state index contributed by atoms with van der Waals surface area (Å²) >= 11 is 1.57. The van der Waals surface area contributed by atoms with E-state index in [1.54, 1.807) is 29.5 Å². The van der Waals surface area contributed by atoms with Gasteiger partial charge in [-0.05, 0) is 71.3 Å². The van der Waals surface area contributed by atoms with Gasteiger partial charge in [0.25, 0.3) is 5.91 Å². The first-order valence-electron chi connectivity index (χ1n) is 10.7. The van der Waals surface area contributed by atoms with Crippen LogP contribution in [-0.2, 0) is 22.1 Å². The van der Waals surface area contributed by atoms with Gasteiger partial charge in [-0.3, -0.25) is 9.78 Å². The monoisotopic (exact) mass is 504 g/mol. The summed E-state index contributed by atoms with van der Waals surface area (Å²) in [7, 11) is -1.88. The van der Waals surface area contributed by atoms with Crippen molar-refractivity contribution in [3.63, 3.8) is 0 Å². The molecule has 9 heteroatoms. The Balaban J connectivity index is 1.38. The van der Waals surface area contributed by atoms with Gasteiger partial charge in [0.2, 0.25) is 0 Å². The molecule has 0 unspecified atom stereocenters. The number of aromatic carboxylic acids is 1. The largest absolute Gasteiger partial charge is 0.478 e. The number of carboxylic acid groups (broad SMARTS) is 1. The van der Waals surface area contributed by atoms with Crippen LogP contribution in [0.1, 0.15) is 31.8 Å². The zero-order valence-electron chi connectivity index (χ0n) is 18.6. The van der Waals surface area contributed by atoms with Crippen molar-refractivity contribution in [3.8, 4) is 20.9 Å². The third kappa shape index (κ3) is 4.48. The number of hydrogen-bond acceptors (Lipinski definition) is 6. The van der Waals surface area contributed by atoms with Crippen LogP contribution >= 0.6 is 11.3 Å². The van der Waals surface area contributed by atoms with Crippen molar-refractivity contribution >= 4 is 33.1 Å². The number of fused-ring (bicyclic) bond motifs is 1. The molecular weight excluding hydrogens is 484 g/mol. The molecule has 0 spiro atoms. The normalized spacial score (nSPS) is 13.2. The number of sulfone groups is 1. The number of rotatable bonds is 6. The average Bonchev–Trinajstić information content (AvgIpc) is 3.44. The van der Waals surface area contributed by atoms with E-state index in [2.05, 4.69) is 4.98 Å². The van der Waals surface area contributed by atoms with E-state index in [0.29, 0.717) is 12.1 Å². The van der Waals surface area contributed by atoms with Crippen molar-refractivity contribution in [3.05, 3.63) is 95.3 Å². The third-order valence-corrected chi connectivity index (χ3v) is 8.76. The van der Waals surface area contributed by atoms with Crippen LogP contribution < -0.4 is 0 Å². The lowest BCUT2D eigenvalue weighted by molar-refractivity contribution is 0.0696. The SMILES string of the molecule is CN1Cc2cc(-c3ccc(-c4cncc(CS(=O)(=O)c5ccc(C(=O)O)cc5)c4)s3)ccc2C1=O. The molecule has 5 rings (SSSR count). The summed E-state index contributed by atoms with van der Waals surface area (Å²) in [5.41, 5.74) is 4.16. The number of carboxylic acids is 1. The van der Waals surface area contributed by atoms with E-state index in [1.165, 1.54) is 30.5 Å². The van der Waals surface area contributed by atoms with Crippen molar-refractivity contribution in [2.24, 2.45) is 0 Å². The molecule has 0 aliphatic carbocycles. The topological polar surface area (TPSA) is 105 Å². The lowest BCUT2D eigenvalue weighted by Gasteiger charge is -2.06. The highest BCUT2D eigenvalue weighted by Gasteiger charge is 2.24. The van der Waals surface area contributed by atoms with Crippen LogP contribution in [0, 0.1) is 0 Å². The van der Waals surface area contributed by atoms with Crippen LogP contribution in [0.5, 0.6) is 0 Å². The lowest BCUT2D eigenvalue weighted by atomic mass is 10.1. The summed E-state index contributed by atoms with van der Waals surface area (Å²) in [5.74, 6) is -1.32. The summed E-state index contributed by atoms with van der Waals surface area (Å²) in [5, 5.41) is 9.02. The molecule has 0 saturated heterocycles. The summed E-state index contributed by atoms with van der Waals surface area (Å²) in [6.07, 6.45) is 3.22. The second-order valence-corrected chi connectivity index (χ2v) is 11.4. The number of benzene rings is 2. The predicted octanol–water partition coefficient (Wildman–Crippen LogP) is 4.73. The van der Waals surface area contributed by atoms with Gasteiger partial charge in [0.05, 0.1) is 16.2 Å². The summed E-state index contributed by atoms with van der Waals surface area (Å²) < 4.78 is 25.7. The number of pyridine rings is 1. The highest BCUT2D eigenvalue weighted by molar-refractivity contribution is 7.90. The summed E-state index contributed by atoms with van der Waals surface area (Å²) in [6.45, 7) is 0.597. The van der Waals surface area contributed by atoms with E-state index in [4.69, 9.17) is 5.11 Å². The van der Waals surface area contributed by atoms with E-state index >= 15 is 0 Å². The Morgan fingerprint density at radius 1 is 1.00 bits per heavy atom. The standard InChI is InChI=1S/C26H20N2O5S2/c1-28-14-20-11-18(4-7-22(20)25(28)29)23-8-9-24(34-23)19-10-16(12-27-13-19)15-35(32,33)21-5-2-17(3-6-21)26(30)31/h2-13H,14-15H2,1H3,(H,30,31). The van der Waals surface area contributed by atoms with Gasteiger partial charge in [-0.1, -0.05) is 6.07 Å². The fraction of sp³-hybridized carbons (Fsp3) is 0.115. The molecule has 7 nitrogen and oxygen atoms in total. The first-order valence-corrected chi connectivity index (χ1v) is 13.2. The molecule has 35 heavy (non-hydrogen) atoms. The van der Waals surface area contributed by atoms with E-state index in [1.807, 2.05) is 36.4 Å². The quantitative estimate of drug-likeness (QED) is 0.407. The second kappa shape index (κ2) is 8.75. The average molecular weight is 505 g/mol. The van der Waals surface area contributed by atoms with Crippen LogP contribution in [0.3, 0.4) is 0 Å². The van der Waals surface area contributed by atoms with E-state index in [9.17, 15) is 18.0 Å². The van der Waals surface area contributed by atoms with Gasteiger partial charge in [0.15, 0.2) is 9.84 Å². The molecular formula is C26H20N2O5S2. The number of carbonyl (C=O) groups excluding carboxylic acids is 1. The Bertz CT molecular complexity index is 1570. The summed E-state index contributed by atoms with van der Waals surface area (Å²) in [6, 6.07) is 16.8.